The number of hydrogen-bond donors (Lipinski definition) is 0. The fraction of sp³-hybridized carbons (Fsp3) is 0.550. The van der Waals surface area contributed by atoms with Crippen LogP contribution in [-0.4, -0.2) is 45.8 Å². The molecule has 130 valence electrons. The number of likely N-dealkylation sites (tertiary alicyclic amines) is 1. The molecule has 1 unspecified atom stereocenters. The minimum Gasteiger partial charge on any atom is -0.298 e. The lowest BCUT2D eigenvalue weighted by molar-refractivity contribution is 0.107. The molecule has 0 amide bonds. The van der Waals surface area contributed by atoms with E-state index in [1.54, 1.807) is 0 Å². The molecule has 2 aromatic rings. The molecule has 1 aliphatic rings. The third-order valence-corrected chi connectivity index (χ3v) is 4.97. The molecule has 0 bridgehead atoms. The molecule has 3 rings (SSSR count). The van der Waals surface area contributed by atoms with Gasteiger partial charge in [0, 0.05) is 43.5 Å². The van der Waals surface area contributed by atoms with Crippen LogP contribution in [0.2, 0.25) is 0 Å². The Balaban J connectivity index is 1.55. The molecule has 2 heterocycles. The molecule has 1 fully saturated rings. The van der Waals surface area contributed by atoms with Crippen molar-refractivity contribution in [3.8, 4) is 0 Å². The molecule has 0 aliphatic carbocycles. The zero-order valence-corrected chi connectivity index (χ0v) is 15.2. The Bertz CT molecular complexity index is 620. The van der Waals surface area contributed by atoms with Crippen molar-refractivity contribution in [2.24, 2.45) is 0 Å². The molecule has 0 spiro atoms. The standard InChI is InChI=1S/C20H30N4/c1-17(2)24-15-19(12-21-24)14-23-11-7-10-20(16-23)22(3)13-18-8-5-4-6-9-18/h4-6,8-9,12,15,17,20H,7,10-11,13-14,16H2,1-3H3. The van der Waals surface area contributed by atoms with Gasteiger partial charge in [-0.25, -0.2) is 0 Å². The van der Waals surface area contributed by atoms with Gasteiger partial charge in [-0.05, 0) is 45.8 Å². The third-order valence-electron chi connectivity index (χ3n) is 4.97. The van der Waals surface area contributed by atoms with Gasteiger partial charge in [0.15, 0.2) is 0 Å². The van der Waals surface area contributed by atoms with Gasteiger partial charge in [-0.15, -0.1) is 0 Å². The highest BCUT2D eigenvalue weighted by Crippen LogP contribution is 2.19. The molecule has 1 aromatic carbocycles. The lowest BCUT2D eigenvalue weighted by atomic mass is 10.0. The van der Waals surface area contributed by atoms with Crippen LogP contribution < -0.4 is 0 Å². The molecule has 4 heteroatoms. The smallest absolute Gasteiger partial charge is 0.0534 e. The van der Waals surface area contributed by atoms with Gasteiger partial charge in [-0.1, -0.05) is 30.3 Å². The molecular weight excluding hydrogens is 296 g/mol. The lowest BCUT2D eigenvalue weighted by Gasteiger charge is -2.37. The normalized spacial score (nSPS) is 19.3. The van der Waals surface area contributed by atoms with E-state index in [0.29, 0.717) is 12.1 Å². The first-order valence-electron chi connectivity index (χ1n) is 9.11. The Kier molecular flexibility index (Phi) is 5.69. The summed E-state index contributed by atoms with van der Waals surface area (Å²) in [6, 6.07) is 11.9. The van der Waals surface area contributed by atoms with Crippen LogP contribution in [0.5, 0.6) is 0 Å². The second kappa shape index (κ2) is 7.95. The van der Waals surface area contributed by atoms with Gasteiger partial charge < -0.3 is 0 Å². The maximum absolute atomic E-state index is 4.47. The quantitative estimate of drug-likeness (QED) is 0.811. The number of benzene rings is 1. The van der Waals surface area contributed by atoms with Gasteiger partial charge in [0.25, 0.3) is 0 Å². The van der Waals surface area contributed by atoms with Crippen LogP contribution in [-0.2, 0) is 13.1 Å². The highest BCUT2D eigenvalue weighted by atomic mass is 15.3. The van der Waals surface area contributed by atoms with Crippen molar-refractivity contribution in [3.05, 3.63) is 53.9 Å². The zero-order valence-electron chi connectivity index (χ0n) is 15.2. The van der Waals surface area contributed by atoms with Crippen LogP contribution in [0.4, 0.5) is 0 Å². The lowest BCUT2D eigenvalue weighted by Crippen LogP contribution is -2.45. The summed E-state index contributed by atoms with van der Waals surface area (Å²) in [5, 5.41) is 4.47. The van der Waals surface area contributed by atoms with Gasteiger partial charge in [0.1, 0.15) is 0 Å². The first kappa shape index (κ1) is 17.2. The number of hydrogen-bond acceptors (Lipinski definition) is 3. The SMILES string of the molecule is CC(C)n1cc(CN2CCCC(N(C)Cc3ccccc3)C2)cn1. The van der Waals surface area contributed by atoms with E-state index < -0.39 is 0 Å². The number of likely N-dealkylation sites (N-methyl/N-ethyl adjacent to an activating group) is 1. The van der Waals surface area contributed by atoms with E-state index in [-0.39, 0.29) is 0 Å². The molecule has 0 saturated carbocycles. The molecule has 1 atom stereocenters. The molecule has 1 aromatic heterocycles. The van der Waals surface area contributed by atoms with E-state index in [0.717, 1.165) is 19.6 Å². The van der Waals surface area contributed by atoms with Crippen molar-refractivity contribution in [1.29, 1.82) is 0 Å². The van der Waals surface area contributed by atoms with Crippen molar-refractivity contribution in [2.45, 2.75) is 51.9 Å². The maximum Gasteiger partial charge on any atom is 0.0534 e. The van der Waals surface area contributed by atoms with Crippen LogP contribution in [0.3, 0.4) is 0 Å². The minimum atomic E-state index is 0.435. The van der Waals surface area contributed by atoms with E-state index in [1.807, 2.05) is 6.20 Å². The van der Waals surface area contributed by atoms with Gasteiger partial charge >= 0.3 is 0 Å². The van der Waals surface area contributed by atoms with Crippen LogP contribution >= 0.6 is 0 Å². The first-order valence-corrected chi connectivity index (χ1v) is 9.11. The second-order valence-electron chi connectivity index (χ2n) is 7.35. The summed E-state index contributed by atoms with van der Waals surface area (Å²) in [5.41, 5.74) is 2.73. The Morgan fingerprint density at radius 1 is 1.21 bits per heavy atom. The summed E-state index contributed by atoms with van der Waals surface area (Å²) in [6.45, 7) is 8.74. The minimum absolute atomic E-state index is 0.435. The van der Waals surface area contributed by atoms with Crippen molar-refractivity contribution < 1.29 is 0 Å². The van der Waals surface area contributed by atoms with Crippen LogP contribution in [0, 0.1) is 0 Å². The first-order chi connectivity index (χ1) is 11.6. The van der Waals surface area contributed by atoms with Crippen LogP contribution in [0.25, 0.3) is 0 Å². The van der Waals surface area contributed by atoms with E-state index in [2.05, 4.69) is 77.0 Å². The van der Waals surface area contributed by atoms with Crippen LogP contribution in [0.1, 0.15) is 43.9 Å². The predicted molar refractivity (Wildman–Crippen MR) is 98.8 cm³/mol. The second-order valence-corrected chi connectivity index (χ2v) is 7.35. The largest absolute Gasteiger partial charge is 0.298 e. The van der Waals surface area contributed by atoms with Crippen molar-refractivity contribution >= 4 is 0 Å². The Morgan fingerprint density at radius 2 is 2.00 bits per heavy atom. The fourth-order valence-corrected chi connectivity index (χ4v) is 3.53. The summed E-state index contributed by atoms with van der Waals surface area (Å²) in [7, 11) is 2.26. The summed E-state index contributed by atoms with van der Waals surface area (Å²) in [4.78, 5) is 5.09. The van der Waals surface area contributed by atoms with E-state index in [4.69, 9.17) is 0 Å². The molecule has 0 N–H and O–H groups in total. The van der Waals surface area contributed by atoms with E-state index in [9.17, 15) is 0 Å². The highest BCUT2D eigenvalue weighted by molar-refractivity contribution is 5.14. The summed E-state index contributed by atoms with van der Waals surface area (Å²) in [6.07, 6.45) is 6.80. The maximum atomic E-state index is 4.47. The third kappa shape index (κ3) is 4.46. The highest BCUT2D eigenvalue weighted by Gasteiger charge is 2.23. The molecule has 1 aliphatic heterocycles. The Hall–Kier alpha value is -1.65. The van der Waals surface area contributed by atoms with Crippen molar-refractivity contribution in [3.63, 3.8) is 0 Å². The van der Waals surface area contributed by atoms with Gasteiger partial charge in [0.05, 0.1) is 6.20 Å². The fourth-order valence-electron chi connectivity index (χ4n) is 3.53. The average Bonchev–Trinajstić information content (AvgIpc) is 3.05. The topological polar surface area (TPSA) is 24.3 Å². The monoisotopic (exact) mass is 326 g/mol. The van der Waals surface area contributed by atoms with Crippen LogP contribution in [0.15, 0.2) is 42.7 Å². The molecule has 1 saturated heterocycles. The van der Waals surface area contributed by atoms with Gasteiger partial charge in [-0.3, -0.25) is 14.5 Å². The van der Waals surface area contributed by atoms with Crippen molar-refractivity contribution in [2.75, 3.05) is 20.1 Å². The van der Waals surface area contributed by atoms with E-state index >= 15 is 0 Å². The summed E-state index contributed by atoms with van der Waals surface area (Å²) < 4.78 is 2.05. The summed E-state index contributed by atoms with van der Waals surface area (Å²) in [5.74, 6) is 0. The van der Waals surface area contributed by atoms with Crippen molar-refractivity contribution in [1.82, 2.24) is 19.6 Å². The number of nitrogens with zero attached hydrogens (tertiary/aromatic N) is 4. The molecular formula is C20H30N4. The number of rotatable bonds is 6. The van der Waals surface area contributed by atoms with Gasteiger partial charge in [-0.2, -0.15) is 5.10 Å². The van der Waals surface area contributed by atoms with E-state index in [1.165, 1.54) is 30.5 Å². The summed E-state index contributed by atoms with van der Waals surface area (Å²) >= 11 is 0. The molecule has 24 heavy (non-hydrogen) atoms. The number of aromatic nitrogens is 2. The number of piperidine rings is 1. The Morgan fingerprint density at radius 3 is 2.71 bits per heavy atom. The average molecular weight is 326 g/mol. The Labute approximate surface area is 146 Å². The van der Waals surface area contributed by atoms with Gasteiger partial charge in [0.2, 0.25) is 0 Å². The zero-order chi connectivity index (χ0) is 16.9. The molecule has 0 radical (unpaired) electrons. The molecule has 4 nitrogen and oxygen atoms in total. The predicted octanol–water partition coefficient (Wildman–Crippen LogP) is 3.56.